The van der Waals surface area contributed by atoms with Crippen molar-refractivity contribution in [3.05, 3.63) is 91.4 Å². The molecule has 2 fully saturated rings. The molecule has 4 heterocycles. The lowest BCUT2D eigenvalue weighted by molar-refractivity contribution is -0.119. The Balaban J connectivity index is 1.50. The van der Waals surface area contributed by atoms with E-state index in [-0.39, 0.29) is 24.4 Å². The molecular formula is C34H35Cl3N6O4S2. The third-order valence-electron chi connectivity index (χ3n) is 8.16. The van der Waals surface area contributed by atoms with Gasteiger partial charge in [0.15, 0.2) is 5.69 Å². The van der Waals surface area contributed by atoms with Crippen LogP contribution in [0.3, 0.4) is 0 Å². The Labute approximate surface area is 307 Å². The molecule has 4 aromatic rings. The van der Waals surface area contributed by atoms with Crippen LogP contribution in [0.1, 0.15) is 59.6 Å². The number of morpholine rings is 1. The summed E-state index contributed by atoms with van der Waals surface area (Å²) in [5, 5.41) is 9.96. The van der Waals surface area contributed by atoms with Crippen LogP contribution in [0.15, 0.2) is 54.6 Å². The van der Waals surface area contributed by atoms with Crippen molar-refractivity contribution in [1.29, 1.82) is 0 Å². The largest absolute Gasteiger partial charge is 0.373 e. The average Bonchev–Trinajstić information content (AvgIpc) is 3.68. The second-order valence-corrected chi connectivity index (χ2v) is 15.2. The monoisotopic (exact) mass is 760 g/mol. The van der Waals surface area contributed by atoms with Crippen LogP contribution in [-0.4, -0.2) is 77.3 Å². The Morgan fingerprint density at radius 1 is 1.02 bits per heavy atom. The predicted molar refractivity (Wildman–Crippen MR) is 195 cm³/mol. The van der Waals surface area contributed by atoms with Gasteiger partial charge in [-0.15, -0.1) is 15.8 Å². The fourth-order valence-corrected chi connectivity index (χ4v) is 8.09. The van der Waals surface area contributed by atoms with Crippen molar-refractivity contribution in [2.24, 2.45) is 0 Å². The molecule has 49 heavy (non-hydrogen) atoms. The van der Waals surface area contributed by atoms with Crippen LogP contribution in [0.4, 0.5) is 0 Å². The van der Waals surface area contributed by atoms with Crippen molar-refractivity contribution in [1.82, 2.24) is 29.6 Å². The van der Waals surface area contributed by atoms with Crippen LogP contribution in [-0.2, 0) is 22.5 Å². The Morgan fingerprint density at radius 2 is 1.71 bits per heavy atom. The van der Waals surface area contributed by atoms with E-state index in [9.17, 15) is 13.6 Å². The van der Waals surface area contributed by atoms with Gasteiger partial charge in [0, 0.05) is 47.4 Å². The highest BCUT2D eigenvalue weighted by Crippen LogP contribution is 2.38. The lowest BCUT2D eigenvalue weighted by Gasteiger charge is -2.39. The quantitative estimate of drug-likeness (QED) is 0.147. The molecule has 6 rings (SSSR count). The number of ether oxygens (including phenoxy) is 1. The summed E-state index contributed by atoms with van der Waals surface area (Å²) in [5.74, 6) is 5.97. The molecular weight excluding hydrogens is 727 g/mol. The zero-order chi connectivity index (χ0) is 34.7. The number of carbonyl (C=O) groups is 1. The molecule has 3 atom stereocenters. The average molecular weight is 762 g/mol. The van der Waals surface area contributed by atoms with Crippen molar-refractivity contribution in [3.63, 3.8) is 0 Å². The van der Waals surface area contributed by atoms with Gasteiger partial charge in [0.1, 0.15) is 0 Å². The molecule has 0 saturated carbocycles. The highest BCUT2D eigenvalue weighted by molar-refractivity contribution is 7.76. The fraction of sp³-hybridized carbons (Fsp3) is 0.353. The Kier molecular flexibility index (Phi) is 11.8. The van der Waals surface area contributed by atoms with Crippen molar-refractivity contribution < 1.29 is 18.3 Å². The number of piperidine rings is 1. The van der Waals surface area contributed by atoms with Crippen LogP contribution in [0, 0.1) is 11.8 Å². The third kappa shape index (κ3) is 8.75. The van der Waals surface area contributed by atoms with Crippen LogP contribution in [0.2, 0.25) is 15.1 Å². The summed E-state index contributed by atoms with van der Waals surface area (Å²) in [6.07, 6.45) is 2.68. The first-order valence-electron chi connectivity index (χ1n) is 15.9. The zero-order valence-corrected chi connectivity index (χ0v) is 30.8. The topological polar surface area (TPSA) is 103 Å². The minimum Gasteiger partial charge on any atom is -0.373 e. The number of halogens is 3. The normalized spacial score (nSPS) is 19.4. The predicted octanol–water partition coefficient (Wildman–Crippen LogP) is 7.05. The number of carbonyl (C=O) groups excluding carboxylic acids is 1. The Morgan fingerprint density at radius 3 is 2.39 bits per heavy atom. The zero-order valence-electron chi connectivity index (χ0n) is 26.9. The number of amides is 1. The highest BCUT2D eigenvalue weighted by atomic mass is 35.5. The van der Waals surface area contributed by atoms with Crippen LogP contribution >= 0.6 is 46.1 Å². The molecule has 2 aliphatic rings. The van der Waals surface area contributed by atoms with Crippen LogP contribution in [0.25, 0.3) is 16.3 Å². The molecule has 10 nitrogen and oxygen atoms in total. The number of hydrogen-bond donors (Lipinski definition) is 2. The van der Waals surface area contributed by atoms with Gasteiger partial charge >= 0.3 is 0 Å². The van der Waals surface area contributed by atoms with Crippen molar-refractivity contribution in [2.75, 3.05) is 26.2 Å². The van der Waals surface area contributed by atoms with Gasteiger partial charge in [-0.3, -0.25) is 14.8 Å². The van der Waals surface area contributed by atoms with Gasteiger partial charge in [0.2, 0.25) is 11.3 Å². The number of thiophene rings is 1. The smallest absolute Gasteiger partial charge is 0.286 e. The van der Waals surface area contributed by atoms with Gasteiger partial charge in [0.05, 0.1) is 44.9 Å². The minimum absolute atomic E-state index is 0.102. The standard InChI is InChI=1S/C34H35Cl3N6O4S2/c1-22-19-41(20-23(2)47-22)42(49(45)46)21-28-32(34(44)39-40-16-4-3-5-17-40)38-43(30-14-11-26(36)18-29(30)37)33(28)31-15-13-27(48-31)12-8-24-6-9-25(35)10-7-24/h6-7,9-11,13-15,18,22-23H,3-5,16-17,19-21H2,1-2H3,(H,39,44)(H,45,46). The summed E-state index contributed by atoms with van der Waals surface area (Å²) < 4.78 is 32.6. The Bertz CT molecular complexity index is 1890. The summed E-state index contributed by atoms with van der Waals surface area (Å²) in [6, 6.07) is 16.1. The van der Waals surface area contributed by atoms with E-state index in [0.717, 1.165) is 34.6 Å². The van der Waals surface area contributed by atoms with Gasteiger partial charge in [-0.1, -0.05) is 53.1 Å². The molecule has 1 amide bonds. The molecule has 15 heteroatoms. The summed E-state index contributed by atoms with van der Waals surface area (Å²) in [7, 11) is 0. The summed E-state index contributed by atoms with van der Waals surface area (Å²) in [6.45, 7) is 5.95. The molecule has 2 aromatic carbocycles. The number of hydrazine groups is 2. The second-order valence-electron chi connectivity index (χ2n) is 12.0. The molecule has 2 N–H and O–H groups in total. The van der Waals surface area contributed by atoms with E-state index in [1.807, 2.05) is 43.1 Å². The minimum atomic E-state index is -2.43. The highest BCUT2D eigenvalue weighted by Gasteiger charge is 2.34. The molecule has 0 spiro atoms. The maximum atomic E-state index is 14.1. The van der Waals surface area contributed by atoms with Crippen molar-refractivity contribution in [3.8, 4) is 28.1 Å². The number of benzene rings is 2. The summed E-state index contributed by atoms with van der Waals surface area (Å²) in [5.41, 5.74) is 5.44. The van der Waals surface area contributed by atoms with Gasteiger partial charge in [-0.2, -0.15) is 5.10 Å². The second kappa shape index (κ2) is 16.0. The SMILES string of the molecule is CC1CN(N(Cc2c(C(=O)NN3CCCCC3)nn(-c3ccc(Cl)cc3Cl)c2-c2ccc(C#Cc3ccc(Cl)cc3)s2)S(=O)O)CC(C)O1. The summed E-state index contributed by atoms with van der Waals surface area (Å²) in [4.78, 5) is 15.6. The number of aromatic nitrogens is 2. The fourth-order valence-electron chi connectivity index (χ4n) is 5.99. The maximum Gasteiger partial charge on any atom is 0.286 e. The van der Waals surface area contributed by atoms with Gasteiger partial charge < -0.3 is 4.74 Å². The first-order chi connectivity index (χ1) is 23.5. The van der Waals surface area contributed by atoms with E-state index in [4.69, 9.17) is 44.6 Å². The van der Waals surface area contributed by atoms with Crippen LogP contribution < -0.4 is 5.43 Å². The molecule has 0 aliphatic carbocycles. The van der Waals surface area contributed by atoms with Gasteiger partial charge in [-0.05, 0) is 81.3 Å². The molecule has 2 aliphatic heterocycles. The van der Waals surface area contributed by atoms with E-state index >= 15 is 0 Å². The molecule has 2 aromatic heterocycles. The van der Waals surface area contributed by atoms with Gasteiger partial charge in [0.25, 0.3) is 5.91 Å². The Hall–Kier alpha value is -2.80. The maximum absolute atomic E-state index is 14.1. The number of hydrogen-bond acceptors (Lipinski definition) is 7. The molecule has 2 saturated heterocycles. The molecule has 258 valence electrons. The molecule has 3 unspecified atom stereocenters. The molecule has 0 bridgehead atoms. The number of rotatable bonds is 8. The molecule has 0 radical (unpaired) electrons. The third-order valence-corrected chi connectivity index (χ3v) is 10.7. The van der Waals surface area contributed by atoms with Crippen molar-refractivity contribution >= 4 is 63.3 Å². The summed E-state index contributed by atoms with van der Waals surface area (Å²) >= 11 is 18.1. The van der Waals surface area contributed by atoms with Gasteiger partial charge in [-0.25, -0.2) is 18.9 Å². The van der Waals surface area contributed by atoms with Crippen LogP contribution in [0.5, 0.6) is 0 Å². The van der Waals surface area contributed by atoms with E-state index in [2.05, 4.69) is 17.3 Å². The van der Waals surface area contributed by atoms with E-state index in [1.165, 1.54) is 15.8 Å². The first-order valence-corrected chi connectivity index (χ1v) is 18.9. The first kappa shape index (κ1) is 36.0. The van der Waals surface area contributed by atoms with Crippen molar-refractivity contribution in [2.45, 2.75) is 51.9 Å². The lowest BCUT2D eigenvalue weighted by atomic mass is 10.1. The van der Waals surface area contributed by atoms with E-state index in [0.29, 0.717) is 58.2 Å². The number of nitrogens with zero attached hydrogens (tertiary/aromatic N) is 5. The lowest BCUT2D eigenvalue weighted by Crippen LogP contribution is -2.54. The van der Waals surface area contributed by atoms with E-state index < -0.39 is 17.2 Å². The number of nitrogens with one attached hydrogen (secondary N) is 1. The van der Waals surface area contributed by atoms with E-state index in [1.54, 1.807) is 40.0 Å².